The normalized spacial score (nSPS) is 12.4. The molecule has 0 saturated heterocycles. The van der Waals surface area contributed by atoms with Crippen LogP contribution >= 0.6 is 0 Å². The first kappa shape index (κ1) is 24.6. The predicted octanol–water partition coefficient (Wildman–Crippen LogP) is 4.93. The van der Waals surface area contributed by atoms with Crippen molar-refractivity contribution in [3.05, 3.63) is 24.3 Å². The highest BCUT2D eigenvalue weighted by Gasteiger charge is 2.58. The van der Waals surface area contributed by atoms with Crippen LogP contribution in [0.1, 0.15) is 40.0 Å². The van der Waals surface area contributed by atoms with Crippen LogP contribution in [-0.4, -0.2) is 37.3 Å². The summed E-state index contributed by atoms with van der Waals surface area (Å²) < 4.78 is 75.3. The molecule has 0 saturated carbocycles. The van der Waals surface area contributed by atoms with E-state index in [4.69, 9.17) is 9.47 Å². The number of esters is 2. The maximum atomic E-state index is 12.7. The minimum Gasteiger partial charge on any atom is -0.482 e. The van der Waals surface area contributed by atoms with Gasteiger partial charge in [-0.1, -0.05) is 27.2 Å². The molecule has 0 aliphatic rings. The van der Waals surface area contributed by atoms with Crippen LogP contribution in [0.2, 0.25) is 0 Å². The molecule has 0 N–H and O–H groups in total. The van der Waals surface area contributed by atoms with Crippen LogP contribution in [0.25, 0.3) is 0 Å². The van der Waals surface area contributed by atoms with Crippen molar-refractivity contribution in [1.29, 1.82) is 0 Å². The monoisotopic (exact) mass is 426 g/mol. The second kappa shape index (κ2) is 9.89. The van der Waals surface area contributed by atoms with Crippen molar-refractivity contribution in [2.75, 3.05) is 13.2 Å². The summed E-state index contributed by atoms with van der Waals surface area (Å²) in [6, 6.07) is 5.47. The highest BCUT2D eigenvalue weighted by atomic mass is 19.4. The van der Waals surface area contributed by atoms with E-state index in [1.807, 2.05) is 20.8 Å². The lowest BCUT2D eigenvalue weighted by Crippen LogP contribution is -2.41. The molecule has 0 spiro atoms. The summed E-state index contributed by atoms with van der Waals surface area (Å²) in [4.78, 5) is 23.1. The third-order valence-electron chi connectivity index (χ3n) is 4.20. The van der Waals surface area contributed by atoms with Gasteiger partial charge in [-0.3, -0.25) is 4.79 Å². The third kappa shape index (κ3) is 8.66. The number of carbonyl (C=O) groups is 2. The van der Waals surface area contributed by atoms with Crippen LogP contribution in [-0.2, 0) is 14.3 Å². The van der Waals surface area contributed by atoms with Gasteiger partial charge >= 0.3 is 24.0 Å². The number of hydrogen-bond acceptors (Lipinski definition) is 5. The molecule has 0 heterocycles. The Kier molecular flexibility index (Phi) is 8.40. The minimum absolute atomic E-state index is 0.0232. The molecular weight excluding hydrogens is 403 g/mol. The summed E-state index contributed by atoms with van der Waals surface area (Å²) in [5.41, 5.74) is 0.0232. The van der Waals surface area contributed by atoms with E-state index in [9.17, 15) is 31.5 Å². The van der Waals surface area contributed by atoms with E-state index in [1.165, 1.54) is 24.3 Å². The van der Waals surface area contributed by atoms with Gasteiger partial charge in [0.15, 0.2) is 13.2 Å². The van der Waals surface area contributed by atoms with Gasteiger partial charge in [-0.15, -0.1) is 0 Å². The molecule has 1 aromatic rings. The van der Waals surface area contributed by atoms with Crippen molar-refractivity contribution in [1.82, 2.24) is 0 Å². The van der Waals surface area contributed by atoms with Crippen molar-refractivity contribution in [3.63, 3.8) is 0 Å². The zero-order valence-corrected chi connectivity index (χ0v) is 16.3. The van der Waals surface area contributed by atoms with Gasteiger partial charge < -0.3 is 14.2 Å². The number of ether oxygens (including phenoxy) is 3. The van der Waals surface area contributed by atoms with Crippen LogP contribution in [0.4, 0.5) is 22.0 Å². The number of rotatable bonds is 10. The maximum absolute atomic E-state index is 12.7. The zero-order chi connectivity index (χ0) is 22.3. The molecule has 0 aliphatic heterocycles. The Balaban J connectivity index is 2.43. The van der Waals surface area contributed by atoms with E-state index in [1.54, 1.807) is 0 Å². The highest BCUT2D eigenvalue weighted by molar-refractivity contribution is 5.72. The van der Waals surface area contributed by atoms with Crippen molar-refractivity contribution in [2.24, 2.45) is 5.41 Å². The van der Waals surface area contributed by atoms with Crippen molar-refractivity contribution >= 4 is 11.9 Å². The standard InChI is InChI=1S/C19H23F5O5/c1-4-17(2,3)10-9-15(25)29-14-7-5-13(6-8-14)27-11-16(26)28-12-18(20,21)19(22,23)24/h5-8H,4,9-12H2,1-3H3. The van der Waals surface area contributed by atoms with E-state index >= 15 is 0 Å². The molecule has 5 nitrogen and oxygen atoms in total. The van der Waals surface area contributed by atoms with Crippen LogP contribution in [0.5, 0.6) is 11.5 Å². The molecule has 10 heteroatoms. The third-order valence-corrected chi connectivity index (χ3v) is 4.20. The van der Waals surface area contributed by atoms with Gasteiger partial charge in [-0.2, -0.15) is 22.0 Å². The summed E-state index contributed by atoms with van der Waals surface area (Å²) in [5.74, 6) is -6.58. The van der Waals surface area contributed by atoms with Crippen molar-refractivity contribution in [3.8, 4) is 11.5 Å². The molecule has 164 valence electrons. The van der Waals surface area contributed by atoms with Crippen LogP contribution < -0.4 is 9.47 Å². The van der Waals surface area contributed by atoms with Crippen molar-refractivity contribution < 1.29 is 45.8 Å². The first-order valence-corrected chi connectivity index (χ1v) is 8.79. The highest BCUT2D eigenvalue weighted by Crippen LogP contribution is 2.35. The zero-order valence-electron chi connectivity index (χ0n) is 16.3. The van der Waals surface area contributed by atoms with Gasteiger partial charge in [0, 0.05) is 6.42 Å². The Morgan fingerprint density at radius 3 is 2.00 bits per heavy atom. The molecule has 1 aromatic carbocycles. The van der Waals surface area contributed by atoms with Gasteiger partial charge in [0.25, 0.3) is 0 Å². The average molecular weight is 426 g/mol. The van der Waals surface area contributed by atoms with Gasteiger partial charge in [0.1, 0.15) is 11.5 Å². The quantitative estimate of drug-likeness (QED) is 0.302. The SMILES string of the molecule is CCC(C)(C)CCC(=O)Oc1ccc(OCC(=O)OCC(F)(F)C(F)(F)F)cc1. The minimum atomic E-state index is -5.81. The molecule has 1 rings (SSSR count). The second-order valence-corrected chi connectivity index (χ2v) is 7.11. The molecule has 0 unspecified atom stereocenters. The second-order valence-electron chi connectivity index (χ2n) is 7.11. The van der Waals surface area contributed by atoms with Crippen LogP contribution in [0, 0.1) is 5.41 Å². The fourth-order valence-electron chi connectivity index (χ4n) is 1.84. The van der Waals surface area contributed by atoms with Gasteiger partial charge in [0.05, 0.1) is 0 Å². The molecule has 0 fully saturated rings. The van der Waals surface area contributed by atoms with E-state index in [-0.39, 0.29) is 23.3 Å². The molecule has 0 amide bonds. The van der Waals surface area contributed by atoms with E-state index in [2.05, 4.69) is 4.74 Å². The first-order chi connectivity index (χ1) is 13.3. The van der Waals surface area contributed by atoms with E-state index in [0.29, 0.717) is 6.42 Å². The Morgan fingerprint density at radius 2 is 1.48 bits per heavy atom. The number of carbonyl (C=O) groups excluding carboxylic acids is 2. The Hall–Kier alpha value is -2.39. The Morgan fingerprint density at radius 1 is 0.931 bits per heavy atom. The number of halogens is 5. The predicted molar refractivity (Wildman–Crippen MR) is 92.8 cm³/mol. The smallest absolute Gasteiger partial charge is 0.456 e. The summed E-state index contributed by atoms with van der Waals surface area (Å²) in [6.45, 7) is 3.13. The lowest BCUT2D eigenvalue weighted by Gasteiger charge is -2.21. The molecule has 0 aliphatic carbocycles. The van der Waals surface area contributed by atoms with Gasteiger partial charge in [0.2, 0.25) is 0 Å². The number of hydrogen-bond donors (Lipinski definition) is 0. The fourth-order valence-corrected chi connectivity index (χ4v) is 1.84. The lowest BCUT2D eigenvalue weighted by molar-refractivity contribution is -0.294. The van der Waals surface area contributed by atoms with Crippen LogP contribution in [0.15, 0.2) is 24.3 Å². The van der Waals surface area contributed by atoms with Crippen molar-refractivity contribution in [2.45, 2.75) is 52.1 Å². The summed E-state index contributed by atoms with van der Waals surface area (Å²) >= 11 is 0. The Labute approximate surface area is 165 Å². The molecular formula is C19H23F5O5. The molecule has 0 aromatic heterocycles. The molecule has 29 heavy (non-hydrogen) atoms. The van der Waals surface area contributed by atoms with Crippen LogP contribution in [0.3, 0.4) is 0 Å². The number of alkyl halides is 5. The molecule has 0 radical (unpaired) electrons. The lowest BCUT2D eigenvalue weighted by atomic mass is 9.85. The van der Waals surface area contributed by atoms with E-state index < -0.39 is 37.3 Å². The Bertz CT molecular complexity index is 683. The van der Waals surface area contributed by atoms with E-state index in [0.717, 1.165) is 6.42 Å². The average Bonchev–Trinajstić information content (AvgIpc) is 2.63. The molecule has 0 atom stereocenters. The van der Waals surface area contributed by atoms with Gasteiger partial charge in [-0.25, -0.2) is 4.79 Å². The summed E-state index contributed by atoms with van der Waals surface area (Å²) in [6.07, 6.45) is -3.98. The number of benzene rings is 1. The fraction of sp³-hybridized carbons (Fsp3) is 0.579. The first-order valence-electron chi connectivity index (χ1n) is 8.79. The van der Waals surface area contributed by atoms with Gasteiger partial charge in [-0.05, 0) is 36.1 Å². The summed E-state index contributed by atoms with van der Waals surface area (Å²) in [7, 11) is 0. The molecule has 0 bridgehead atoms. The summed E-state index contributed by atoms with van der Waals surface area (Å²) in [5, 5.41) is 0. The maximum Gasteiger partial charge on any atom is 0.456 e. The topological polar surface area (TPSA) is 61.8 Å². The largest absolute Gasteiger partial charge is 0.482 e.